The van der Waals surface area contributed by atoms with E-state index in [0.29, 0.717) is 12.4 Å². The van der Waals surface area contributed by atoms with Crippen LogP contribution in [0.2, 0.25) is 0 Å². The van der Waals surface area contributed by atoms with Crippen molar-refractivity contribution in [2.75, 3.05) is 6.26 Å². The number of thioether (sulfide) groups is 1. The fourth-order valence-corrected chi connectivity index (χ4v) is 3.09. The highest BCUT2D eigenvalue weighted by atomic mass is 32.2. The highest BCUT2D eigenvalue weighted by molar-refractivity contribution is 7.98. The van der Waals surface area contributed by atoms with E-state index in [-0.39, 0.29) is 5.41 Å². The Balaban J connectivity index is 1.82. The van der Waals surface area contributed by atoms with Crippen molar-refractivity contribution in [3.63, 3.8) is 0 Å². The molecule has 5 heteroatoms. The van der Waals surface area contributed by atoms with E-state index in [1.807, 2.05) is 18.2 Å². The van der Waals surface area contributed by atoms with Gasteiger partial charge in [0.1, 0.15) is 25.0 Å². The van der Waals surface area contributed by atoms with E-state index in [2.05, 4.69) is 66.2 Å². The predicted molar refractivity (Wildman–Crippen MR) is 107 cm³/mol. The largest absolute Gasteiger partial charge is 0.489 e. The molecule has 0 amide bonds. The molecular formula is C21H23N3OS. The first kappa shape index (κ1) is 18.4. The quantitative estimate of drug-likeness (QED) is 0.586. The zero-order chi connectivity index (χ0) is 18.6. The van der Waals surface area contributed by atoms with Crippen LogP contribution < -0.4 is 4.74 Å². The number of nitrogens with zero attached hydrogens (tertiary/aromatic N) is 3. The van der Waals surface area contributed by atoms with Crippen LogP contribution in [0, 0.1) is 0 Å². The van der Waals surface area contributed by atoms with Crippen LogP contribution in [0.25, 0.3) is 11.4 Å². The van der Waals surface area contributed by atoms with Gasteiger partial charge in [-0.1, -0.05) is 32.9 Å². The number of hydrogen-bond donors (Lipinski definition) is 0. The molecule has 2 aromatic carbocycles. The summed E-state index contributed by atoms with van der Waals surface area (Å²) in [6.45, 7) is 7.08. The van der Waals surface area contributed by atoms with Crippen LogP contribution in [0.5, 0.6) is 5.75 Å². The second kappa shape index (κ2) is 7.87. The van der Waals surface area contributed by atoms with Gasteiger partial charge in [0, 0.05) is 16.0 Å². The normalized spacial score (nSPS) is 11.4. The zero-order valence-electron chi connectivity index (χ0n) is 15.6. The summed E-state index contributed by atoms with van der Waals surface area (Å²) in [5.74, 6) is 1.52. The molecule has 0 atom stereocenters. The molecule has 0 spiro atoms. The van der Waals surface area contributed by atoms with Gasteiger partial charge in [0.25, 0.3) is 0 Å². The van der Waals surface area contributed by atoms with Crippen molar-refractivity contribution >= 4 is 11.8 Å². The van der Waals surface area contributed by atoms with Gasteiger partial charge in [0.2, 0.25) is 0 Å². The van der Waals surface area contributed by atoms with Crippen LogP contribution in [-0.4, -0.2) is 21.2 Å². The van der Waals surface area contributed by atoms with E-state index in [9.17, 15) is 0 Å². The lowest BCUT2D eigenvalue weighted by Gasteiger charge is -2.19. The SMILES string of the molecule is CSc1ccc(-c2ncncn2)c(COc2ccc(C(C)(C)C)cc2)c1. The second-order valence-electron chi connectivity index (χ2n) is 7.05. The molecule has 4 nitrogen and oxygen atoms in total. The summed E-state index contributed by atoms with van der Waals surface area (Å²) in [4.78, 5) is 13.6. The van der Waals surface area contributed by atoms with Gasteiger partial charge in [-0.25, -0.2) is 15.0 Å². The number of ether oxygens (including phenoxy) is 1. The molecule has 0 aliphatic rings. The van der Waals surface area contributed by atoms with Gasteiger partial charge in [-0.05, 0) is 47.6 Å². The summed E-state index contributed by atoms with van der Waals surface area (Å²) >= 11 is 1.70. The van der Waals surface area contributed by atoms with Crippen molar-refractivity contribution in [1.82, 2.24) is 15.0 Å². The van der Waals surface area contributed by atoms with E-state index in [0.717, 1.165) is 16.9 Å². The van der Waals surface area contributed by atoms with Gasteiger partial charge in [0.05, 0.1) is 0 Å². The Bertz CT molecular complexity index is 859. The maximum Gasteiger partial charge on any atom is 0.163 e. The minimum Gasteiger partial charge on any atom is -0.489 e. The molecule has 0 aliphatic carbocycles. The topological polar surface area (TPSA) is 47.9 Å². The summed E-state index contributed by atoms with van der Waals surface area (Å²) in [6, 6.07) is 14.6. The summed E-state index contributed by atoms with van der Waals surface area (Å²) in [7, 11) is 0. The van der Waals surface area contributed by atoms with E-state index in [1.54, 1.807) is 11.8 Å². The molecule has 0 bridgehead atoms. The van der Waals surface area contributed by atoms with Crippen LogP contribution in [0.1, 0.15) is 31.9 Å². The summed E-state index contributed by atoms with van der Waals surface area (Å²) < 4.78 is 6.04. The fraction of sp³-hybridized carbons (Fsp3) is 0.286. The molecule has 3 aromatic rings. The summed E-state index contributed by atoms with van der Waals surface area (Å²) in [5, 5.41) is 0. The van der Waals surface area contributed by atoms with E-state index in [1.165, 1.54) is 23.1 Å². The van der Waals surface area contributed by atoms with Crippen LogP contribution in [0.4, 0.5) is 0 Å². The molecule has 0 N–H and O–H groups in total. The number of benzene rings is 2. The highest BCUT2D eigenvalue weighted by Gasteiger charge is 2.13. The third kappa shape index (κ3) is 4.41. The highest BCUT2D eigenvalue weighted by Crippen LogP contribution is 2.28. The van der Waals surface area contributed by atoms with Gasteiger partial charge in [0.15, 0.2) is 5.82 Å². The van der Waals surface area contributed by atoms with Crippen LogP contribution in [-0.2, 0) is 12.0 Å². The predicted octanol–water partition coefficient (Wildman–Crippen LogP) is 5.14. The average Bonchev–Trinajstić information content (AvgIpc) is 2.66. The number of rotatable bonds is 5. The second-order valence-corrected chi connectivity index (χ2v) is 7.93. The van der Waals surface area contributed by atoms with Crippen molar-refractivity contribution in [1.29, 1.82) is 0 Å². The Kier molecular flexibility index (Phi) is 5.57. The molecule has 1 aromatic heterocycles. The number of hydrogen-bond acceptors (Lipinski definition) is 5. The van der Waals surface area contributed by atoms with Crippen molar-refractivity contribution in [2.45, 2.75) is 37.7 Å². The summed E-state index contributed by atoms with van der Waals surface area (Å²) in [6.07, 6.45) is 5.09. The minimum absolute atomic E-state index is 0.136. The monoisotopic (exact) mass is 365 g/mol. The van der Waals surface area contributed by atoms with Crippen molar-refractivity contribution < 1.29 is 4.74 Å². The van der Waals surface area contributed by atoms with E-state index in [4.69, 9.17) is 4.74 Å². The lowest BCUT2D eigenvalue weighted by Crippen LogP contribution is -2.10. The molecule has 0 unspecified atom stereocenters. The van der Waals surface area contributed by atoms with Gasteiger partial charge >= 0.3 is 0 Å². The van der Waals surface area contributed by atoms with Crippen molar-refractivity contribution in [2.24, 2.45) is 0 Å². The van der Waals surface area contributed by atoms with Crippen molar-refractivity contribution in [3.05, 3.63) is 66.2 Å². The van der Waals surface area contributed by atoms with E-state index >= 15 is 0 Å². The van der Waals surface area contributed by atoms with Gasteiger partial charge in [-0.15, -0.1) is 11.8 Å². The molecule has 134 valence electrons. The lowest BCUT2D eigenvalue weighted by atomic mass is 9.87. The van der Waals surface area contributed by atoms with Gasteiger partial charge < -0.3 is 4.74 Å². The first-order chi connectivity index (χ1) is 12.5. The van der Waals surface area contributed by atoms with Gasteiger partial charge in [-0.2, -0.15) is 0 Å². The Morgan fingerprint density at radius 1 is 0.962 bits per heavy atom. The van der Waals surface area contributed by atoms with Crippen LogP contribution in [0.3, 0.4) is 0 Å². The van der Waals surface area contributed by atoms with Crippen LogP contribution in [0.15, 0.2) is 60.0 Å². The summed E-state index contributed by atoms with van der Waals surface area (Å²) in [5.41, 5.74) is 3.46. The smallest absolute Gasteiger partial charge is 0.163 e. The Morgan fingerprint density at radius 3 is 2.27 bits per heavy atom. The Hall–Kier alpha value is -2.40. The molecular weight excluding hydrogens is 342 g/mol. The molecule has 0 radical (unpaired) electrons. The van der Waals surface area contributed by atoms with Crippen LogP contribution >= 0.6 is 11.8 Å². The first-order valence-electron chi connectivity index (χ1n) is 8.50. The standard InChI is InChI=1S/C21H23N3OS/c1-21(2,3)16-5-7-17(8-6-16)25-12-15-11-18(26-4)9-10-19(15)20-23-13-22-14-24-20/h5-11,13-14H,12H2,1-4H3. The van der Waals surface area contributed by atoms with Crippen molar-refractivity contribution in [3.8, 4) is 17.1 Å². The molecule has 0 saturated carbocycles. The maximum atomic E-state index is 6.04. The van der Waals surface area contributed by atoms with E-state index < -0.39 is 0 Å². The Labute approximate surface area is 159 Å². The zero-order valence-corrected chi connectivity index (χ0v) is 16.4. The Morgan fingerprint density at radius 2 is 1.65 bits per heavy atom. The third-order valence-electron chi connectivity index (χ3n) is 4.16. The first-order valence-corrected chi connectivity index (χ1v) is 9.72. The maximum absolute atomic E-state index is 6.04. The molecule has 3 rings (SSSR count). The molecule has 1 heterocycles. The molecule has 0 aliphatic heterocycles. The molecule has 26 heavy (non-hydrogen) atoms. The molecule has 0 saturated heterocycles. The fourth-order valence-electron chi connectivity index (χ4n) is 2.63. The third-order valence-corrected chi connectivity index (χ3v) is 4.89. The lowest BCUT2D eigenvalue weighted by molar-refractivity contribution is 0.306. The average molecular weight is 366 g/mol. The van der Waals surface area contributed by atoms with Gasteiger partial charge in [-0.3, -0.25) is 0 Å². The number of aromatic nitrogens is 3. The molecule has 0 fully saturated rings. The minimum atomic E-state index is 0.136.